The lowest BCUT2D eigenvalue weighted by atomic mass is 9.99. The van der Waals surface area contributed by atoms with Gasteiger partial charge in [-0.1, -0.05) is 50.3 Å². The molecule has 1 fully saturated rings. The molecule has 0 spiro atoms. The molecular weight excluding hydrogens is 456 g/mol. The van der Waals surface area contributed by atoms with E-state index in [1.165, 1.54) is 6.07 Å². The highest BCUT2D eigenvalue weighted by Gasteiger charge is 2.48. The standard InChI is InChI=1S/C26H30O9/c1-13(2)4-9-17-19(28)11-16(8-7-15-6-5-14(3)18(27)10-15)12-20(17)34-26-23(31)21(29)22(30)24(35-26)25(32)33/h4-13,21-24,26-31H,1-3H3,(H,32,33)/b8-7+,9-4+/t21-,22-,23?,24?,26+/m0/s1. The Morgan fingerprint density at radius 3 is 2.23 bits per heavy atom. The van der Waals surface area contributed by atoms with Crippen molar-refractivity contribution < 1.29 is 44.9 Å². The van der Waals surface area contributed by atoms with Crippen molar-refractivity contribution in [1.29, 1.82) is 0 Å². The predicted molar refractivity (Wildman–Crippen MR) is 129 cm³/mol. The van der Waals surface area contributed by atoms with Gasteiger partial charge in [-0.15, -0.1) is 0 Å². The fourth-order valence-corrected chi connectivity index (χ4v) is 3.48. The molecular formula is C26H30O9. The first-order valence-corrected chi connectivity index (χ1v) is 11.1. The van der Waals surface area contributed by atoms with Gasteiger partial charge >= 0.3 is 5.97 Å². The number of phenolic OH excluding ortho intramolecular Hbond substituents is 2. The molecule has 0 bridgehead atoms. The second-order valence-electron chi connectivity index (χ2n) is 8.79. The number of aliphatic hydroxyl groups is 3. The second-order valence-corrected chi connectivity index (χ2v) is 8.79. The molecule has 0 amide bonds. The highest BCUT2D eigenvalue weighted by atomic mass is 16.7. The lowest BCUT2D eigenvalue weighted by Crippen LogP contribution is -2.61. The van der Waals surface area contributed by atoms with Gasteiger partial charge in [-0.25, -0.2) is 4.79 Å². The van der Waals surface area contributed by atoms with Crippen molar-refractivity contribution in [2.45, 2.75) is 51.5 Å². The molecule has 0 radical (unpaired) electrons. The first kappa shape index (κ1) is 26.2. The third-order valence-electron chi connectivity index (χ3n) is 5.55. The number of ether oxygens (including phenoxy) is 2. The van der Waals surface area contributed by atoms with Crippen LogP contribution in [0, 0.1) is 12.8 Å². The van der Waals surface area contributed by atoms with Crippen LogP contribution in [-0.4, -0.2) is 67.3 Å². The Balaban J connectivity index is 1.98. The van der Waals surface area contributed by atoms with Gasteiger partial charge in [-0.05, 0) is 47.7 Å². The van der Waals surface area contributed by atoms with E-state index in [1.807, 2.05) is 26.0 Å². The number of rotatable bonds is 7. The zero-order chi connectivity index (χ0) is 25.9. The SMILES string of the molecule is Cc1ccc(/C=C/c2cc(O)c(/C=C/C(C)C)c(O[C@@H]3OC(C(=O)O)[C@@H](O)[C@H](O)C3O)c2)cc1O. The summed E-state index contributed by atoms with van der Waals surface area (Å²) in [6.07, 6.45) is -2.06. The summed E-state index contributed by atoms with van der Waals surface area (Å²) in [7, 11) is 0. The van der Waals surface area contributed by atoms with Gasteiger partial charge in [0, 0.05) is 0 Å². The maximum Gasteiger partial charge on any atom is 0.335 e. The topological polar surface area (TPSA) is 157 Å². The van der Waals surface area contributed by atoms with Gasteiger partial charge in [0.25, 0.3) is 0 Å². The van der Waals surface area contributed by atoms with Crippen LogP contribution in [0.1, 0.15) is 36.1 Å². The molecule has 35 heavy (non-hydrogen) atoms. The monoisotopic (exact) mass is 486 g/mol. The average molecular weight is 487 g/mol. The van der Waals surface area contributed by atoms with Crippen LogP contribution < -0.4 is 4.74 Å². The highest BCUT2D eigenvalue weighted by molar-refractivity contribution is 5.75. The minimum Gasteiger partial charge on any atom is -0.508 e. The van der Waals surface area contributed by atoms with Crippen molar-refractivity contribution in [1.82, 2.24) is 0 Å². The minimum absolute atomic E-state index is 0.0603. The summed E-state index contributed by atoms with van der Waals surface area (Å²) < 4.78 is 11.0. The van der Waals surface area contributed by atoms with E-state index in [2.05, 4.69) is 0 Å². The Morgan fingerprint density at radius 1 is 0.943 bits per heavy atom. The molecule has 0 aromatic heterocycles. The van der Waals surface area contributed by atoms with E-state index in [1.54, 1.807) is 43.4 Å². The van der Waals surface area contributed by atoms with Crippen molar-refractivity contribution in [3.63, 3.8) is 0 Å². The number of aromatic hydroxyl groups is 2. The van der Waals surface area contributed by atoms with Gasteiger partial charge in [0.05, 0.1) is 5.56 Å². The van der Waals surface area contributed by atoms with E-state index in [-0.39, 0.29) is 28.7 Å². The number of carboxylic acids is 1. The number of phenols is 2. The lowest BCUT2D eigenvalue weighted by Gasteiger charge is -2.38. The fraction of sp³-hybridized carbons (Fsp3) is 0.346. The van der Waals surface area contributed by atoms with Crippen LogP contribution in [0.15, 0.2) is 36.4 Å². The maximum absolute atomic E-state index is 11.4. The summed E-state index contributed by atoms with van der Waals surface area (Å²) in [5.74, 6) is -1.33. The van der Waals surface area contributed by atoms with E-state index in [9.17, 15) is 35.4 Å². The zero-order valence-corrected chi connectivity index (χ0v) is 19.6. The van der Waals surface area contributed by atoms with Crippen molar-refractivity contribution >= 4 is 24.2 Å². The molecule has 1 heterocycles. The summed E-state index contributed by atoms with van der Waals surface area (Å²) >= 11 is 0. The van der Waals surface area contributed by atoms with Crippen LogP contribution in [0.25, 0.3) is 18.2 Å². The molecule has 188 valence electrons. The predicted octanol–water partition coefficient (Wildman–Crippen LogP) is 2.52. The largest absolute Gasteiger partial charge is 0.508 e. The van der Waals surface area contributed by atoms with Gasteiger partial charge in [0.2, 0.25) is 6.29 Å². The third kappa shape index (κ3) is 6.20. The number of hydrogen-bond donors (Lipinski definition) is 6. The van der Waals surface area contributed by atoms with Gasteiger partial charge in [0.15, 0.2) is 6.10 Å². The number of hydrogen-bond acceptors (Lipinski definition) is 8. The molecule has 9 heteroatoms. The van der Waals surface area contributed by atoms with Gasteiger partial charge in [-0.3, -0.25) is 0 Å². The molecule has 0 aliphatic carbocycles. The average Bonchev–Trinajstić information content (AvgIpc) is 2.79. The summed E-state index contributed by atoms with van der Waals surface area (Å²) in [5, 5.41) is 60.3. The first-order valence-electron chi connectivity index (χ1n) is 11.1. The Kier molecular flexibility index (Phi) is 8.18. The maximum atomic E-state index is 11.4. The number of aliphatic carboxylic acids is 1. The van der Waals surface area contributed by atoms with Crippen LogP contribution >= 0.6 is 0 Å². The zero-order valence-electron chi connectivity index (χ0n) is 19.6. The highest BCUT2D eigenvalue weighted by Crippen LogP contribution is 2.35. The molecule has 5 atom stereocenters. The minimum atomic E-state index is -1.85. The van der Waals surface area contributed by atoms with Crippen molar-refractivity contribution in [2.75, 3.05) is 0 Å². The summed E-state index contributed by atoms with van der Waals surface area (Å²) in [6, 6.07) is 8.21. The van der Waals surface area contributed by atoms with E-state index >= 15 is 0 Å². The van der Waals surface area contributed by atoms with Gasteiger partial charge in [0.1, 0.15) is 35.6 Å². The normalized spacial score (nSPS) is 24.9. The Hall–Kier alpha value is -3.37. The molecule has 1 aliphatic heterocycles. The Labute approximate surface area is 202 Å². The smallest absolute Gasteiger partial charge is 0.335 e. The summed E-state index contributed by atoms with van der Waals surface area (Å²) in [6.45, 7) is 5.65. The molecule has 0 saturated carbocycles. The van der Waals surface area contributed by atoms with E-state index in [4.69, 9.17) is 9.47 Å². The van der Waals surface area contributed by atoms with Crippen LogP contribution in [0.4, 0.5) is 0 Å². The number of aryl methyl sites for hydroxylation is 1. The second kappa shape index (κ2) is 10.9. The first-order chi connectivity index (χ1) is 16.5. The van der Waals surface area contributed by atoms with Gasteiger partial charge < -0.3 is 40.1 Å². The number of allylic oxidation sites excluding steroid dienone is 1. The van der Waals surface area contributed by atoms with Crippen LogP contribution in [0.5, 0.6) is 17.2 Å². The van der Waals surface area contributed by atoms with Crippen LogP contribution in [0.3, 0.4) is 0 Å². The third-order valence-corrected chi connectivity index (χ3v) is 5.55. The van der Waals surface area contributed by atoms with E-state index < -0.39 is 36.7 Å². The lowest BCUT2D eigenvalue weighted by molar-refractivity contribution is -0.271. The molecule has 2 aromatic rings. The Morgan fingerprint density at radius 2 is 1.60 bits per heavy atom. The van der Waals surface area contributed by atoms with Crippen molar-refractivity contribution in [3.05, 3.63) is 58.7 Å². The van der Waals surface area contributed by atoms with Crippen LogP contribution in [0.2, 0.25) is 0 Å². The van der Waals surface area contributed by atoms with E-state index in [0.717, 1.165) is 5.56 Å². The van der Waals surface area contributed by atoms with E-state index in [0.29, 0.717) is 11.1 Å². The number of aliphatic hydroxyl groups excluding tert-OH is 3. The number of carbonyl (C=O) groups is 1. The molecule has 1 aliphatic rings. The molecule has 1 saturated heterocycles. The fourth-order valence-electron chi connectivity index (χ4n) is 3.48. The van der Waals surface area contributed by atoms with Crippen molar-refractivity contribution in [3.8, 4) is 17.2 Å². The number of benzene rings is 2. The summed E-state index contributed by atoms with van der Waals surface area (Å²) in [4.78, 5) is 11.4. The molecule has 9 nitrogen and oxygen atoms in total. The molecule has 3 rings (SSSR count). The molecule has 6 N–H and O–H groups in total. The van der Waals surface area contributed by atoms with Crippen molar-refractivity contribution in [2.24, 2.45) is 5.92 Å². The molecule has 2 aromatic carbocycles. The van der Waals surface area contributed by atoms with Crippen LogP contribution in [-0.2, 0) is 9.53 Å². The molecule has 2 unspecified atom stereocenters. The summed E-state index contributed by atoms with van der Waals surface area (Å²) in [5.41, 5.74) is 2.20. The Bertz CT molecular complexity index is 1120. The quantitative estimate of drug-likeness (QED) is 0.324. The van der Waals surface area contributed by atoms with Gasteiger partial charge in [-0.2, -0.15) is 0 Å². The number of carboxylic acid groups (broad SMARTS) is 1.